The van der Waals surface area contributed by atoms with Crippen LogP contribution in [0.25, 0.3) is 0 Å². The van der Waals surface area contributed by atoms with Crippen molar-refractivity contribution in [3.8, 4) is 0 Å². The summed E-state index contributed by atoms with van der Waals surface area (Å²) >= 11 is 5.91. The molecule has 1 amide bonds. The van der Waals surface area contributed by atoms with Gasteiger partial charge in [-0.05, 0) is 36.8 Å². The Morgan fingerprint density at radius 1 is 1.27 bits per heavy atom. The molecule has 0 bridgehead atoms. The van der Waals surface area contributed by atoms with Gasteiger partial charge in [0.15, 0.2) is 6.61 Å². The van der Waals surface area contributed by atoms with E-state index >= 15 is 0 Å². The summed E-state index contributed by atoms with van der Waals surface area (Å²) in [7, 11) is 0. The number of ether oxygens (including phenoxy) is 1. The van der Waals surface area contributed by atoms with Crippen LogP contribution in [-0.2, 0) is 9.53 Å². The SMILES string of the molecule is C[C@@H](NC(=O)COC(=O)c1ccncc1)c1cccc(Cl)c1. The summed E-state index contributed by atoms with van der Waals surface area (Å²) in [5, 5.41) is 3.34. The van der Waals surface area contributed by atoms with Crippen molar-refractivity contribution in [3.63, 3.8) is 0 Å². The van der Waals surface area contributed by atoms with E-state index in [1.165, 1.54) is 24.5 Å². The first kappa shape index (κ1) is 16.0. The molecule has 1 atom stereocenters. The number of benzene rings is 1. The minimum absolute atomic E-state index is 0.231. The number of hydrogen-bond donors (Lipinski definition) is 1. The second kappa shape index (κ2) is 7.56. The van der Waals surface area contributed by atoms with Crippen LogP contribution >= 0.6 is 11.6 Å². The van der Waals surface area contributed by atoms with Crippen LogP contribution in [0.1, 0.15) is 28.9 Å². The van der Waals surface area contributed by atoms with Crippen molar-refractivity contribution < 1.29 is 14.3 Å². The molecular formula is C16H15ClN2O3. The monoisotopic (exact) mass is 318 g/mol. The Labute approximate surface area is 133 Å². The first-order chi connectivity index (χ1) is 10.6. The number of aromatic nitrogens is 1. The van der Waals surface area contributed by atoms with Gasteiger partial charge in [-0.15, -0.1) is 0 Å². The summed E-state index contributed by atoms with van der Waals surface area (Å²) in [6.07, 6.45) is 2.97. The first-order valence-corrected chi connectivity index (χ1v) is 7.06. The molecule has 0 aliphatic carbocycles. The summed E-state index contributed by atoms with van der Waals surface area (Å²) in [6.45, 7) is 1.49. The summed E-state index contributed by atoms with van der Waals surface area (Å²) < 4.78 is 4.95. The number of nitrogens with one attached hydrogen (secondary N) is 1. The number of nitrogens with zero attached hydrogens (tertiary/aromatic N) is 1. The van der Waals surface area contributed by atoms with E-state index in [1.54, 1.807) is 12.1 Å². The van der Waals surface area contributed by atoms with Crippen LogP contribution < -0.4 is 5.32 Å². The molecule has 1 aromatic heterocycles. The van der Waals surface area contributed by atoms with Gasteiger partial charge in [-0.3, -0.25) is 9.78 Å². The van der Waals surface area contributed by atoms with E-state index in [-0.39, 0.29) is 18.6 Å². The van der Waals surface area contributed by atoms with Gasteiger partial charge in [0, 0.05) is 17.4 Å². The van der Waals surface area contributed by atoms with E-state index in [4.69, 9.17) is 16.3 Å². The van der Waals surface area contributed by atoms with Crippen molar-refractivity contribution in [2.45, 2.75) is 13.0 Å². The lowest BCUT2D eigenvalue weighted by Gasteiger charge is -2.14. The molecule has 114 valence electrons. The molecule has 2 aromatic rings. The quantitative estimate of drug-likeness (QED) is 0.861. The van der Waals surface area contributed by atoms with Crippen molar-refractivity contribution in [2.75, 3.05) is 6.61 Å². The average molecular weight is 319 g/mol. The normalized spacial score (nSPS) is 11.5. The van der Waals surface area contributed by atoms with Gasteiger partial charge in [0.1, 0.15) is 0 Å². The molecule has 0 radical (unpaired) electrons. The van der Waals surface area contributed by atoms with E-state index in [0.717, 1.165) is 5.56 Å². The molecule has 0 fully saturated rings. The third kappa shape index (κ3) is 4.56. The number of rotatable bonds is 5. The van der Waals surface area contributed by atoms with Crippen LogP contribution in [0.5, 0.6) is 0 Å². The Balaban J connectivity index is 1.84. The topological polar surface area (TPSA) is 68.3 Å². The molecule has 1 aromatic carbocycles. The highest BCUT2D eigenvalue weighted by Crippen LogP contribution is 2.17. The van der Waals surface area contributed by atoms with Gasteiger partial charge in [-0.25, -0.2) is 4.79 Å². The molecular weight excluding hydrogens is 304 g/mol. The number of pyridine rings is 1. The zero-order chi connectivity index (χ0) is 15.9. The van der Waals surface area contributed by atoms with Crippen molar-refractivity contribution in [3.05, 3.63) is 64.9 Å². The molecule has 0 aliphatic heterocycles. The molecule has 0 aliphatic rings. The van der Waals surface area contributed by atoms with Gasteiger partial charge in [-0.2, -0.15) is 0 Å². The number of halogens is 1. The average Bonchev–Trinajstić information content (AvgIpc) is 2.53. The van der Waals surface area contributed by atoms with Crippen molar-refractivity contribution in [1.82, 2.24) is 10.3 Å². The third-order valence-corrected chi connectivity index (χ3v) is 3.21. The van der Waals surface area contributed by atoms with Crippen molar-refractivity contribution >= 4 is 23.5 Å². The molecule has 1 N–H and O–H groups in total. The molecule has 22 heavy (non-hydrogen) atoms. The molecule has 2 rings (SSSR count). The molecule has 0 spiro atoms. The Hall–Kier alpha value is -2.40. The lowest BCUT2D eigenvalue weighted by atomic mass is 10.1. The summed E-state index contributed by atoms with van der Waals surface area (Å²) in [5.41, 5.74) is 1.23. The van der Waals surface area contributed by atoms with Crippen LogP contribution in [0, 0.1) is 0 Å². The van der Waals surface area contributed by atoms with Gasteiger partial charge in [0.2, 0.25) is 0 Å². The van der Waals surface area contributed by atoms with Crippen LogP contribution in [0.4, 0.5) is 0 Å². The Bertz CT molecular complexity index is 661. The maximum atomic E-state index is 11.8. The number of esters is 1. The third-order valence-electron chi connectivity index (χ3n) is 2.98. The molecule has 0 unspecified atom stereocenters. The van der Waals surface area contributed by atoms with E-state index in [0.29, 0.717) is 10.6 Å². The van der Waals surface area contributed by atoms with Gasteiger partial charge in [0.25, 0.3) is 5.91 Å². The van der Waals surface area contributed by atoms with Crippen LogP contribution in [0.2, 0.25) is 5.02 Å². The van der Waals surface area contributed by atoms with Gasteiger partial charge < -0.3 is 10.1 Å². The predicted molar refractivity (Wildman–Crippen MR) is 82.5 cm³/mol. The fourth-order valence-corrected chi connectivity index (χ4v) is 2.04. The van der Waals surface area contributed by atoms with Crippen LogP contribution in [-0.4, -0.2) is 23.5 Å². The molecule has 1 heterocycles. The first-order valence-electron chi connectivity index (χ1n) is 6.68. The lowest BCUT2D eigenvalue weighted by Crippen LogP contribution is -2.31. The summed E-state index contributed by atoms with van der Waals surface area (Å²) in [5.74, 6) is -0.942. The molecule has 5 nitrogen and oxygen atoms in total. The zero-order valence-electron chi connectivity index (χ0n) is 12.0. The zero-order valence-corrected chi connectivity index (χ0v) is 12.7. The fraction of sp³-hybridized carbons (Fsp3) is 0.188. The van der Waals surface area contributed by atoms with Gasteiger partial charge >= 0.3 is 5.97 Å². The van der Waals surface area contributed by atoms with Crippen LogP contribution in [0.15, 0.2) is 48.8 Å². The number of carbonyl (C=O) groups excluding carboxylic acids is 2. The smallest absolute Gasteiger partial charge is 0.338 e. The number of carbonyl (C=O) groups is 2. The van der Waals surface area contributed by atoms with E-state index in [1.807, 2.05) is 19.1 Å². The van der Waals surface area contributed by atoms with Crippen LogP contribution in [0.3, 0.4) is 0 Å². The maximum Gasteiger partial charge on any atom is 0.338 e. The molecule has 6 heteroatoms. The molecule has 0 saturated heterocycles. The summed E-state index contributed by atoms with van der Waals surface area (Å²) in [4.78, 5) is 27.3. The largest absolute Gasteiger partial charge is 0.452 e. The predicted octanol–water partition coefficient (Wildman–Crippen LogP) is 2.77. The fourth-order valence-electron chi connectivity index (χ4n) is 1.84. The van der Waals surface area contributed by atoms with Gasteiger partial charge in [0.05, 0.1) is 11.6 Å². The second-order valence-electron chi connectivity index (χ2n) is 4.66. The summed E-state index contributed by atoms with van der Waals surface area (Å²) in [6, 6.07) is 10.0. The molecule has 0 saturated carbocycles. The maximum absolute atomic E-state index is 11.8. The Kier molecular flexibility index (Phi) is 5.49. The highest BCUT2D eigenvalue weighted by Gasteiger charge is 2.13. The number of hydrogen-bond acceptors (Lipinski definition) is 4. The Morgan fingerprint density at radius 2 is 2.00 bits per heavy atom. The van der Waals surface area contributed by atoms with Crippen molar-refractivity contribution in [2.24, 2.45) is 0 Å². The number of amides is 1. The highest BCUT2D eigenvalue weighted by atomic mass is 35.5. The van der Waals surface area contributed by atoms with E-state index in [9.17, 15) is 9.59 Å². The minimum Gasteiger partial charge on any atom is -0.452 e. The van der Waals surface area contributed by atoms with Gasteiger partial charge in [-0.1, -0.05) is 23.7 Å². The standard InChI is InChI=1S/C16H15ClN2O3/c1-11(13-3-2-4-14(17)9-13)19-15(20)10-22-16(21)12-5-7-18-8-6-12/h2-9,11H,10H2,1H3,(H,19,20)/t11-/m1/s1. The van der Waals surface area contributed by atoms with E-state index < -0.39 is 5.97 Å². The second-order valence-corrected chi connectivity index (χ2v) is 5.09. The van der Waals surface area contributed by atoms with Crippen molar-refractivity contribution in [1.29, 1.82) is 0 Å². The minimum atomic E-state index is -0.562. The van der Waals surface area contributed by atoms with E-state index in [2.05, 4.69) is 10.3 Å². The Morgan fingerprint density at radius 3 is 2.68 bits per heavy atom. The highest BCUT2D eigenvalue weighted by molar-refractivity contribution is 6.30. The lowest BCUT2D eigenvalue weighted by molar-refractivity contribution is -0.124.